The van der Waals surface area contributed by atoms with Gasteiger partial charge >= 0.3 is 0 Å². The van der Waals surface area contributed by atoms with E-state index in [4.69, 9.17) is 4.74 Å². The Morgan fingerprint density at radius 2 is 1.79 bits per heavy atom. The van der Waals surface area contributed by atoms with Crippen LogP contribution in [0.1, 0.15) is 22.8 Å². The first-order valence-corrected chi connectivity index (χ1v) is 10.7. The van der Waals surface area contributed by atoms with Gasteiger partial charge in [-0.25, -0.2) is 8.42 Å². The molecule has 0 aliphatic carbocycles. The first-order chi connectivity index (χ1) is 13.6. The SMILES string of the molecule is Cc1ccc(NC(=O)CS(=O)(=O)CC(=O)c2ccc3c(c2)NC(=O)C(C)O3)cc1. The summed E-state index contributed by atoms with van der Waals surface area (Å²) in [6, 6.07) is 11.2. The van der Waals surface area contributed by atoms with Gasteiger partial charge in [0.1, 0.15) is 17.3 Å². The Morgan fingerprint density at radius 3 is 2.48 bits per heavy atom. The Labute approximate surface area is 168 Å². The topological polar surface area (TPSA) is 119 Å². The molecule has 0 aromatic heterocycles. The zero-order valence-electron chi connectivity index (χ0n) is 15.9. The minimum atomic E-state index is -3.98. The van der Waals surface area contributed by atoms with Gasteiger partial charge < -0.3 is 15.4 Å². The van der Waals surface area contributed by atoms with Crippen molar-refractivity contribution in [2.45, 2.75) is 20.0 Å². The highest BCUT2D eigenvalue weighted by Crippen LogP contribution is 2.30. The molecular formula is C20H20N2O6S. The molecule has 1 aliphatic rings. The molecule has 9 heteroatoms. The van der Waals surface area contributed by atoms with E-state index in [9.17, 15) is 22.8 Å². The summed E-state index contributed by atoms with van der Waals surface area (Å²) in [4.78, 5) is 36.1. The molecule has 8 nitrogen and oxygen atoms in total. The fourth-order valence-corrected chi connectivity index (χ4v) is 3.89. The largest absolute Gasteiger partial charge is 0.479 e. The van der Waals surface area contributed by atoms with E-state index in [1.165, 1.54) is 18.2 Å². The highest BCUT2D eigenvalue weighted by molar-refractivity contribution is 7.92. The van der Waals surface area contributed by atoms with Gasteiger partial charge in [-0.05, 0) is 44.2 Å². The van der Waals surface area contributed by atoms with E-state index in [0.717, 1.165) is 5.56 Å². The fraction of sp³-hybridized carbons (Fsp3) is 0.250. The minimum Gasteiger partial charge on any atom is -0.479 e. The van der Waals surface area contributed by atoms with Gasteiger partial charge in [-0.3, -0.25) is 14.4 Å². The average Bonchev–Trinajstić information content (AvgIpc) is 2.63. The molecule has 1 aliphatic heterocycles. The lowest BCUT2D eigenvalue weighted by atomic mass is 10.1. The number of amides is 2. The van der Waals surface area contributed by atoms with Gasteiger partial charge in [0.25, 0.3) is 5.91 Å². The quantitative estimate of drug-likeness (QED) is 0.695. The van der Waals surface area contributed by atoms with Gasteiger partial charge in [-0.15, -0.1) is 0 Å². The second-order valence-corrected chi connectivity index (χ2v) is 8.89. The van der Waals surface area contributed by atoms with Gasteiger partial charge in [0.2, 0.25) is 5.91 Å². The number of carbonyl (C=O) groups excluding carboxylic acids is 3. The number of nitrogens with one attached hydrogen (secondary N) is 2. The fourth-order valence-electron chi connectivity index (χ4n) is 2.75. The number of ether oxygens (including phenoxy) is 1. The highest BCUT2D eigenvalue weighted by atomic mass is 32.2. The summed E-state index contributed by atoms with van der Waals surface area (Å²) in [6.45, 7) is 3.48. The Bertz CT molecular complexity index is 1080. The van der Waals surface area contributed by atoms with Crippen LogP contribution in [0.25, 0.3) is 0 Å². The van der Waals surface area contributed by atoms with Gasteiger partial charge in [-0.2, -0.15) is 0 Å². The smallest absolute Gasteiger partial charge is 0.265 e. The van der Waals surface area contributed by atoms with Crippen molar-refractivity contribution < 1.29 is 27.5 Å². The maximum absolute atomic E-state index is 12.4. The number of benzene rings is 2. The molecule has 2 aromatic carbocycles. The third-order valence-electron chi connectivity index (χ3n) is 4.27. The average molecular weight is 416 g/mol. The summed E-state index contributed by atoms with van der Waals surface area (Å²) in [7, 11) is -3.98. The van der Waals surface area contributed by atoms with E-state index in [-0.39, 0.29) is 11.5 Å². The number of hydrogen-bond acceptors (Lipinski definition) is 6. The molecule has 1 heterocycles. The molecule has 1 unspecified atom stereocenters. The molecule has 0 saturated carbocycles. The summed E-state index contributed by atoms with van der Waals surface area (Å²) < 4.78 is 30.0. The van der Waals surface area contributed by atoms with Crippen molar-refractivity contribution >= 4 is 38.8 Å². The first kappa shape index (κ1) is 20.5. The van der Waals surface area contributed by atoms with Crippen LogP contribution in [0.2, 0.25) is 0 Å². The minimum absolute atomic E-state index is 0.102. The predicted molar refractivity (Wildman–Crippen MR) is 108 cm³/mol. The van der Waals surface area contributed by atoms with Crippen LogP contribution in [-0.2, 0) is 19.4 Å². The second-order valence-electron chi connectivity index (χ2n) is 6.83. The number of hydrogen-bond donors (Lipinski definition) is 2. The predicted octanol–water partition coefficient (Wildman–Crippen LogP) is 1.95. The molecular weight excluding hydrogens is 396 g/mol. The van der Waals surface area contributed by atoms with Crippen LogP contribution in [0.3, 0.4) is 0 Å². The normalized spacial score (nSPS) is 15.7. The number of Topliss-reactive ketones (excluding diaryl/α,β-unsaturated/α-hetero) is 1. The number of aryl methyl sites for hydroxylation is 1. The van der Waals surface area contributed by atoms with Crippen molar-refractivity contribution in [3.63, 3.8) is 0 Å². The summed E-state index contributed by atoms with van der Waals surface area (Å²) in [5, 5.41) is 5.10. The number of carbonyl (C=O) groups is 3. The van der Waals surface area contributed by atoms with Crippen LogP contribution in [0.5, 0.6) is 5.75 Å². The van der Waals surface area contributed by atoms with Gasteiger partial charge in [0.15, 0.2) is 21.7 Å². The Balaban J connectivity index is 1.64. The maximum atomic E-state index is 12.4. The summed E-state index contributed by atoms with van der Waals surface area (Å²) in [6.07, 6.45) is -0.656. The zero-order chi connectivity index (χ0) is 21.2. The van der Waals surface area contributed by atoms with Crippen LogP contribution >= 0.6 is 0 Å². The number of ketones is 1. The number of rotatable bonds is 6. The molecule has 2 aromatic rings. The summed E-state index contributed by atoms with van der Waals surface area (Å²) in [5.74, 6) is -2.99. The van der Waals surface area contributed by atoms with Gasteiger partial charge in [0, 0.05) is 11.3 Å². The molecule has 2 N–H and O–H groups in total. The van der Waals surface area contributed by atoms with Crippen molar-refractivity contribution in [1.29, 1.82) is 0 Å². The molecule has 3 rings (SSSR count). The first-order valence-electron chi connectivity index (χ1n) is 8.85. The number of fused-ring (bicyclic) bond motifs is 1. The molecule has 29 heavy (non-hydrogen) atoms. The van der Waals surface area contributed by atoms with Crippen molar-refractivity contribution in [3.8, 4) is 5.75 Å². The third kappa shape index (κ3) is 5.20. The zero-order valence-corrected chi connectivity index (χ0v) is 16.7. The van der Waals surface area contributed by atoms with Gasteiger partial charge in [0.05, 0.1) is 5.69 Å². The molecule has 0 radical (unpaired) electrons. The van der Waals surface area contributed by atoms with Crippen LogP contribution in [0, 0.1) is 6.92 Å². The number of sulfone groups is 1. The monoisotopic (exact) mass is 416 g/mol. The molecule has 1 atom stereocenters. The second kappa shape index (κ2) is 8.04. The van der Waals surface area contributed by atoms with Crippen molar-refractivity contribution in [3.05, 3.63) is 53.6 Å². The highest BCUT2D eigenvalue weighted by Gasteiger charge is 2.26. The molecule has 0 bridgehead atoms. The van der Waals surface area contributed by atoms with Crippen molar-refractivity contribution in [2.75, 3.05) is 22.1 Å². The standard InChI is InChI=1S/C20H20N2O6S/c1-12-3-6-15(7-4-12)21-19(24)11-29(26,27)10-17(23)14-5-8-18-16(9-14)22-20(25)13(2)28-18/h3-9,13H,10-11H2,1-2H3,(H,21,24)(H,22,25). The molecule has 152 valence electrons. The molecule has 2 amide bonds. The molecule has 0 spiro atoms. The Morgan fingerprint density at radius 1 is 1.10 bits per heavy atom. The molecule has 0 saturated heterocycles. The Kier molecular flexibility index (Phi) is 5.69. The summed E-state index contributed by atoms with van der Waals surface area (Å²) >= 11 is 0. The lowest BCUT2D eigenvalue weighted by Crippen LogP contribution is -2.34. The van der Waals surface area contributed by atoms with Crippen molar-refractivity contribution in [1.82, 2.24) is 0 Å². The van der Waals surface area contributed by atoms with Crippen LogP contribution in [0.4, 0.5) is 11.4 Å². The number of anilines is 2. The van der Waals surface area contributed by atoms with Crippen LogP contribution < -0.4 is 15.4 Å². The van der Waals surface area contributed by atoms with E-state index in [1.54, 1.807) is 31.2 Å². The maximum Gasteiger partial charge on any atom is 0.265 e. The van der Waals surface area contributed by atoms with E-state index in [2.05, 4.69) is 10.6 Å². The van der Waals surface area contributed by atoms with Crippen LogP contribution in [-0.4, -0.2) is 43.6 Å². The molecule has 0 fully saturated rings. The lowest BCUT2D eigenvalue weighted by molar-refractivity contribution is -0.122. The lowest BCUT2D eigenvalue weighted by Gasteiger charge is -2.23. The van der Waals surface area contributed by atoms with E-state index in [1.807, 2.05) is 6.92 Å². The van der Waals surface area contributed by atoms with Crippen molar-refractivity contribution in [2.24, 2.45) is 0 Å². The van der Waals surface area contributed by atoms with Gasteiger partial charge in [-0.1, -0.05) is 17.7 Å². The van der Waals surface area contributed by atoms with E-state index >= 15 is 0 Å². The van der Waals surface area contributed by atoms with E-state index in [0.29, 0.717) is 17.1 Å². The third-order valence-corrected chi connectivity index (χ3v) is 5.67. The summed E-state index contributed by atoms with van der Waals surface area (Å²) in [5.41, 5.74) is 1.88. The Hall–Kier alpha value is -3.20. The van der Waals surface area contributed by atoms with E-state index < -0.39 is 39.1 Å². The van der Waals surface area contributed by atoms with Crippen LogP contribution in [0.15, 0.2) is 42.5 Å².